The van der Waals surface area contributed by atoms with Crippen molar-refractivity contribution in [2.24, 2.45) is 5.73 Å². The molecule has 6 nitrogen and oxygen atoms in total. The van der Waals surface area contributed by atoms with E-state index in [0.717, 1.165) is 18.4 Å². The number of pyridine rings is 1. The highest BCUT2D eigenvalue weighted by atomic mass is 19.1. The van der Waals surface area contributed by atoms with E-state index in [2.05, 4.69) is 10.3 Å². The van der Waals surface area contributed by atoms with Crippen molar-refractivity contribution in [3.05, 3.63) is 95.6 Å². The Kier molecular flexibility index (Phi) is 7.03. The largest absolute Gasteiger partial charge is 0.343 e. The Hall–Kier alpha value is -3.58. The van der Waals surface area contributed by atoms with Gasteiger partial charge in [-0.2, -0.15) is 0 Å². The maximum Gasteiger partial charge on any atom is 0.255 e. The quantitative estimate of drug-likeness (QED) is 0.546. The molecule has 1 heterocycles. The summed E-state index contributed by atoms with van der Waals surface area (Å²) >= 11 is 0. The topological polar surface area (TPSA) is 88.3 Å². The van der Waals surface area contributed by atoms with E-state index < -0.39 is 11.5 Å². The van der Waals surface area contributed by atoms with Gasteiger partial charge in [-0.25, -0.2) is 4.39 Å². The van der Waals surface area contributed by atoms with Gasteiger partial charge >= 0.3 is 0 Å². The van der Waals surface area contributed by atoms with Gasteiger partial charge in [-0.05, 0) is 48.7 Å². The molecule has 2 aromatic carbocycles. The number of anilines is 1. The third kappa shape index (κ3) is 4.84. The van der Waals surface area contributed by atoms with Crippen LogP contribution in [0.25, 0.3) is 0 Å². The van der Waals surface area contributed by atoms with E-state index >= 15 is 0 Å². The highest BCUT2D eigenvalue weighted by Gasteiger charge is 2.45. The van der Waals surface area contributed by atoms with Gasteiger partial charge in [0.1, 0.15) is 5.82 Å². The first-order valence-electron chi connectivity index (χ1n) is 11.5. The minimum Gasteiger partial charge on any atom is -0.343 e. The van der Waals surface area contributed by atoms with Crippen LogP contribution in [0, 0.1) is 5.82 Å². The lowest BCUT2D eigenvalue weighted by atomic mass is 9.77. The Morgan fingerprint density at radius 3 is 2.35 bits per heavy atom. The number of nitrogens with zero attached hydrogens (tertiary/aromatic N) is 2. The lowest BCUT2D eigenvalue weighted by Crippen LogP contribution is -2.46. The van der Waals surface area contributed by atoms with Crippen molar-refractivity contribution in [3.8, 4) is 0 Å². The summed E-state index contributed by atoms with van der Waals surface area (Å²) in [7, 11) is 1.72. The molecule has 1 unspecified atom stereocenters. The molecule has 3 aromatic rings. The van der Waals surface area contributed by atoms with Gasteiger partial charge in [0.2, 0.25) is 5.91 Å². The molecule has 0 bridgehead atoms. The lowest BCUT2D eigenvalue weighted by Gasteiger charge is -2.34. The molecule has 7 heteroatoms. The van der Waals surface area contributed by atoms with Crippen molar-refractivity contribution in [1.82, 2.24) is 9.88 Å². The summed E-state index contributed by atoms with van der Waals surface area (Å²) in [6, 6.07) is 16.6. The van der Waals surface area contributed by atoms with Crippen molar-refractivity contribution >= 4 is 17.5 Å². The summed E-state index contributed by atoms with van der Waals surface area (Å²) in [4.78, 5) is 31.6. The Balaban J connectivity index is 1.43. The zero-order valence-electron chi connectivity index (χ0n) is 19.2. The van der Waals surface area contributed by atoms with Crippen LogP contribution in [0.15, 0.2) is 73.1 Å². The van der Waals surface area contributed by atoms with Gasteiger partial charge in [0.15, 0.2) is 0 Å². The van der Waals surface area contributed by atoms with Crippen molar-refractivity contribution in [1.29, 1.82) is 0 Å². The van der Waals surface area contributed by atoms with Crippen LogP contribution in [0.4, 0.5) is 10.1 Å². The fourth-order valence-electron chi connectivity index (χ4n) is 4.80. The number of amides is 2. The number of benzene rings is 2. The molecule has 1 aliphatic rings. The normalized spacial score (nSPS) is 15.5. The number of nitrogens with two attached hydrogens (primary N) is 1. The molecule has 3 N–H and O–H groups in total. The van der Waals surface area contributed by atoms with Crippen LogP contribution in [-0.2, 0) is 10.2 Å². The summed E-state index contributed by atoms with van der Waals surface area (Å²) in [6.45, 7) is 0.289. The highest BCUT2D eigenvalue weighted by molar-refractivity contribution is 6.04. The van der Waals surface area contributed by atoms with Gasteiger partial charge < -0.3 is 16.0 Å². The SMILES string of the molecule is CN(CC(N)c1ccc(C(=O)Nc2ccncc2)cc1)C(=O)C1(c2ccccc2F)CCCC1. The molecule has 1 saturated carbocycles. The number of aromatic nitrogens is 1. The van der Waals surface area contributed by atoms with Crippen LogP contribution in [0.1, 0.15) is 53.2 Å². The van der Waals surface area contributed by atoms with Gasteiger partial charge in [0, 0.05) is 48.8 Å². The molecule has 176 valence electrons. The summed E-state index contributed by atoms with van der Waals surface area (Å²) in [6.07, 6.45) is 6.27. The van der Waals surface area contributed by atoms with Gasteiger partial charge in [0.25, 0.3) is 5.91 Å². The predicted octanol–water partition coefficient (Wildman–Crippen LogP) is 4.44. The Bertz CT molecular complexity index is 1140. The predicted molar refractivity (Wildman–Crippen MR) is 130 cm³/mol. The van der Waals surface area contributed by atoms with Gasteiger partial charge in [0.05, 0.1) is 5.41 Å². The fourth-order valence-corrected chi connectivity index (χ4v) is 4.80. The number of carbonyl (C=O) groups excluding carboxylic acids is 2. The number of rotatable bonds is 7. The molecule has 0 saturated heterocycles. The van der Waals surface area contributed by atoms with Crippen molar-refractivity contribution in [2.45, 2.75) is 37.1 Å². The molecule has 0 radical (unpaired) electrons. The minimum absolute atomic E-state index is 0.0982. The maximum absolute atomic E-state index is 14.6. The Morgan fingerprint density at radius 1 is 1.06 bits per heavy atom. The number of nitrogens with one attached hydrogen (secondary N) is 1. The standard InChI is InChI=1S/C27H29FN4O2/c1-32(26(34)27(14-4-5-15-27)22-6-2-3-7-23(22)28)18-24(29)19-8-10-20(11-9-19)25(33)31-21-12-16-30-17-13-21/h2-3,6-13,16-17,24H,4-5,14-15,18,29H2,1H3,(H,30,31,33). The number of hydrogen-bond acceptors (Lipinski definition) is 4. The van der Waals surface area contributed by atoms with E-state index in [1.54, 1.807) is 78.9 Å². The van der Waals surface area contributed by atoms with Crippen LogP contribution in [0.5, 0.6) is 0 Å². The average molecular weight is 461 g/mol. The van der Waals surface area contributed by atoms with Crippen molar-refractivity contribution in [2.75, 3.05) is 18.9 Å². The first-order chi connectivity index (χ1) is 16.4. The summed E-state index contributed by atoms with van der Waals surface area (Å²) in [5.41, 5.74) is 8.03. The van der Waals surface area contributed by atoms with Gasteiger partial charge in [-0.1, -0.05) is 43.2 Å². The second-order valence-electron chi connectivity index (χ2n) is 8.87. The number of hydrogen-bond donors (Lipinski definition) is 2. The first-order valence-corrected chi connectivity index (χ1v) is 11.5. The van der Waals surface area contributed by atoms with E-state index in [1.165, 1.54) is 6.07 Å². The molecule has 0 aliphatic heterocycles. The van der Waals surface area contributed by atoms with E-state index in [4.69, 9.17) is 5.73 Å². The third-order valence-electron chi connectivity index (χ3n) is 6.61. The zero-order chi connectivity index (χ0) is 24.1. The highest BCUT2D eigenvalue weighted by Crippen LogP contribution is 2.43. The van der Waals surface area contributed by atoms with E-state index in [-0.39, 0.29) is 24.2 Å². The Morgan fingerprint density at radius 2 is 1.71 bits per heavy atom. The smallest absolute Gasteiger partial charge is 0.255 e. The fraction of sp³-hybridized carbons (Fsp3) is 0.296. The molecule has 2 amide bonds. The monoisotopic (exact) mass is 460 g/mol. The lowest BCUT2D eigenvalue weighted by molar-refractivity contribution is -0.136. The second-order valence-corrected chi connectivity index (χ2v) is 8.87. The zero-order valence-corrected chi connectivity index (χ0v) is 19.2. The van der Waals surface area contributed by atoms with Crippen LogP contribution in [-0.4, -0.2) is 35.3 Å². The molecule has 0 spiro atoms. The molecular formula is C27H29FN4O2. The Labute approximate surface area is 199 Å². The first kappa shape index (κ1) is 23.6. The van der Waals surface area contributed by atoms with Gasteiger partial charge in [-0.15, -0.1) is 0 Å². The van der Waals surface area contributed by atoms with E-state index in [1.807, 2.05) is 0 Å². The molecule has 1 atom stereocenters. The number of carbonyl (C=O) groups is 2. The average Bonchev–Trinajstić information content (AvgIpc) is 3.35. The number of likely N-dealkylation sites (N-methyl/N-ethyl adjacent to an activating group) is 1. The van der Waals surface area contributed by atoms with Gasteiger partial charge in [-0.3, -0.25) is 14.6 Å². The number of halogens is 1. The summed E-state index contributed by atoms with van der Waals surface area (Å²) in [5.74, 6) is -0.665. The van der Waals surface area contributed by atoms with Crippen molar-refractivity contribution in [3.63, 3.8) is 0 Å². The van der Waals surface area contributed by atoms with Crippen molar-refractivity contribution < 1.29 is 14.0 Å². The minimum atomic E-state index is -0.839. The second kappa shape index (κ2) is 10.1. The van der Waals surface area contributed by atoms with E-state index in [9.17, 15) is 14.0 Å². The molecule has 1 aliphatic carbocycles. The molecule has 34 heavy (non-hydrogen) atoms. The van der Waals surface area contributed by atoms with Crippen LogP contribution in [0.3, 0.4) is 0 Å². The molecule has 1 fully saturated rings. The van der Waals surface area contributed by atoms with Crippen LogP contribution in [0.2, 0.25) is 0 Å². The maximum atomic E-state index is 14.6. The molecule has 4 rings (SSSR count). The third-order valence-corrected chi connectivity index (χ3v) is 6.61. The molecular weight excluding hydrogens is 431 g/mol. The summed E-state index contributed by atoms with van der Waals surface area (Å²) in [5, 5.41) is 2.82. The summed E-state index contributed by atoms with van der Waals surface area (Å²) < 4.78 is 14.6. The van der Waals surface area contributed by atoms with Crippen LogP contribution >= 0.6 is 0 Å². The molecule has 1 aromatic heterocycles. The van der Waals surface area contributed by atoms with E-state index in [0.29, 0.717) is 29.7 Å². The van der Waals surface area contributed by atoms with Crippen LogP contribution < -0.4 is 11.1 Å².